The zero-order valence-electron chi connectivity index (χ0n) is 15.9. The standard InChI is InChI=1S/C21H22N4O3/c1-13-20(14(2)28-24-13)19-11-22-17(10-23-19)9-15-7-8-25(12-15)21(27)16-3-5-18(26)6-4-16/h3-6,10-11,15,26H,7-9,12H2,1-2H3/t15-/m1/s1. The van der Waals surface area contributed by atoms with Crippen LogP contribution in [0.3, 0.4) is 0 Å². The number of amides is 1. The number of hydrogen-bond acceptors (Lipinski definition) is 6. The Morgan fingerprint density at radius 2 is 2.00 bits per heavy atom. The van der Waals surface area contributed by atoms with Gasteiger partial charge in [0.15, 0.2) is 0 Å². The summed E-state index contributed by atoms with van der Waals surface area (Å²) in [5, 5.41) is 13.3. The molecule has 0 bridgehead atoms. The molecule has 1 aromatic carbocycles. The van der Waals surface area contributed by atoms with Crippen molar-refractivity contribution in [3.8, 4) is 17.0 Å². The highest BCUT2D eigenvalue weighted by Crippen LogP contribution is 2.26. The van der Waals surface area contributed by atoms with E-state index in [4.69, 9.17) is 4.52 Å². The smallest absolute Gasteiger partial charge is 0.253 e. The molecule has 0 saturated carbocycles. The van der Waals surface area contributed by atoms with Gasteiger partial charge in [0.05, 0.1) is 28.8 Å². The number of aromatic hydroxyl groups is 1. The van der Waals surface area contributed by atoms with Crippen LogP contribution in [0.25, 0.3) is 11.3 Å². The summed E-state index contributed by atoms with van der Waals surface area (Å²) >= 11 is 0. The van der Waals surface area contributed by atoms with Crippen molar-refractivity contribution < 1.29 is 14.4 Å². The first-order chi connectivity index (χ1) is 13.5. The lowest BCUT2D eigenvalue weighted by Gasteiger charge is -2.16. The fourth-order valence-corrected chi connectivity index (χ4v) is 3.70. The van der Waals surface area contributed by atoms with Gasteiger partial charge in [0.25, 0.3) is 5.91 Å². The monoisotopic (exact) mass is 378 g/mol. The van der Waals surface area contributed by atoms with E-state index in [2.05, 4.69) is 15.1 Å². The van der Waals surface area contributed by atoms with Crippen molar-refractivity contribution in [1.82, 2.24) is 20.0 Å². The Bertz CT molecular complexity index is 960. The van der Waals surface area contributed by atoms with Gasteiger partial charge in [-0.15, -0.1) is 0 Å². The Balaban J connectivity index is 1.39. The minimum absolute atomic E-state index is 0.00217. The molecule has 1 saturated heterocycles. The number of aromatic nitrogens is 3. The number of likely N-dealkylation sites (tertiary alicyclic amines) is 1. The summed E-state index contributed by atoms with van der Waals surface area (Å²) in [7, 11) is 0. The Labute approximate surface area is 163 Å². The normalized spacial score (nSPS) is 16.5. The molecule has 1 amide bonds. The third-order valence-corrected chi connectivity index (χ3v) is 5.18. The number of nitrogens with zero attached hydrogens (tertiary/aromatic N) is 4. The molecule has 0 aliphatic carbocycles. The Morgan fingerprint density at radius 1 is 1.21 bits per heavy atom. The molecule has 1 aliphatic heterocycles. The maximum absolute atomic E-state index is 12.6. The molecule has 28 heavy (non-hydrogen) atoms. The summed E-state index contributed by atoms with van der Waals surface area (Å²) in [6, 6.07) is 6.39. The first-order valence-electron chi connectivity index (χ1n) is 9.33. The second-order valence-corrected chi connectivity index (χ2v) is 7.25. The van der Waals surface area contributed by atoms with Gasteiger partial charge in [-0.25, -0.2) is 0 Å². The average Bonchev–Trinajstić information content (AvgIpc) is 3.29. The molecule has 0 unspecified atom stereocenters. The molecular weight excluding hydrogens is 356 g/mol. The van der Waals surface area contributed by atoms with Crippen LogP contribution in [-0.4, -0.2) is 44.1 Å². The van der Waals surface area contributed by atoms with E-state index in [1.54, 1.807) is 24.5 Å². The van der Waals surface area contributed by atoms with Crippen LogP contribution in [0, 0.1) is 19.8 Å². The van der Waals surface area contributed by atoms with E-state index >= 15 is 0 Å². The van der Waals surface area contributed by atoms with Crippen LogP contribution in [0.15, 0.2) is 41.2 Å². The van der Waals surface area contributed by atoms with E-state index in [1.165, 1.54) is 12.1 Å². The Kier molecular flexibility index (Phi) is 4.81. The summed E-state index contributed by atoms with van der Waals surface area (Å²) in [4.78, 5) is 23.5. The van der Waals surface area contributed by atoms with Gasteiger partial charge in [0.1, 0.15) is 11.5 Å². The second-order valence-electron chi connectivity index (χ2n) is 7.25. The number of rotatable bonds is 4. The van der Waals surface area contributed by atoms with Crippen molar-refractivity contribution in [2.24, 2.45) is 5.92 Å². The molecule has 3 heterocycles. The number of benzene rings is 1. The zero-order chi connectivity index (χ0) is 19.7. The predicted molar refractivity (Wildman–Crippen MR) is 103 cm³/mol. The lowest BCUT2D eigenvalue weighted by atomic mass is 10.0. The van der Waals surface area contributed by atoms with Crippen LogP contribution in [0.2, 0.25) is 0 Å². The van der Waals surface area contributed by atoms with Crippen LogP contribution < -0.4 is 0 Å². The second kappa shape index (κ2) is 7.42. The van der Waals surface area contributed by atoms with Gasteiger partial charge in [-0.1, -0.05) is 5.16 Å². The Morgan fingerprint density at radius 3 is 2.64 bits per heavy atom. The van der Waals surface area contributed by atoms with Crippen LogP contribution in [0.1, 0.15) is 33.9 Å². The molecule has 7 nitrogen and oxygen atoms in total. The highest BCUT2D eigenvalue weighted by Gasteiger charge is 2.27. The van der Waals surface area contributed by atoms with Gasteiger partial charge in [-0.05, 0) is 56.9 Å². The Hall–Kier alpha value is -3.22. The predicted octanol–water partition coefficient (Wildman–Crippen LogP) is 3.16. The zero-order valence-corrected chi connectivity index (χ0v) is 15.9. The topological polar surface area (TPSA) is 92.4 Å². The van der Waals surface area contributed by atoms with E-state index < -0.39 is 0 Å². The van der Waals surface area contributed by atoms with Crippen molar-refractivity contribution in [3.63, 3.8) is 0 Å². The molecule has 1 atom stereocenters. The van der Waals surface area contributed by atoms with Crippen LogP contribution in [0.5, 0.6) is 5.75 Å². The molecule has 2 aromatic heterocycles. The van der Waals surface area contributed by atoms with Crippen LogP contribution in [0.4, 0.5) is 0 Å². The van der Waals surface area contributed by atoms with Gasteiger partial charge >= 0.3 is 0 Å². The molecule has 144 valence electrons. The quantitative estimate of drug-likeness (QED) is 0.750. The number of carbonyl (C=O) groups is 1. The van der Waals surface area contributed by atoms with Gasteiger partial charge < -0.3 is 14.5 Å². The molecule has 0 radical (unpaired) electrons. The number of carbonyl (C=O) groups excluding carboxylic acids is 1. The van der Waals surface area contributed by atoms with E-state index in [9.17, 15) is 9.90 Å². The number of phenols is 1. The SMILES string of the molecule is Cc1noc(C)c1-c1cnc(C[C@H]2CCN(C(=O)c3ccc(O)cc3)C2)cn1. The largest absolute Gasteiger partial charge is 0.508 e. The fraction of sp³-hybridized carbons (Fsp3) is 0.333. The summed E-state index contributed by atoms with van der Waals surface area (Å²) in [6.45, 7) is 5.19. The lowest BCUT2D eigenvalue weighted by Crippen LogP contribution is -2.28. The van der Waals surface area contributed by atoms with Crippen molar-refractivity contribution in [3.05, 3.63) is 59.4 Å². The van der Waals surface area contributed by atoms with Gasteiger partial charge in [-0.2, -0.15) is 0 Å². The highest BCUT2D eigenvalue weighted by atomic mass is 16.5. The average molecular weight is 378 g/mol. The van der Waals surface area contributed by atoms with Crippen molar-refractivity contribution in [2.75, 3.05) is 13.1 Å². The molecule has 7 heteroatoms. The maximum atomic E-state index is 12.6. The van der Waals surface area contributed by atoms with Gasteiger partial charge in [0, 0.05) is 24.8 Å². The van der Waals surface area contributed by atoms with Gasteiger partial charge in [0.2, 0.25) is 0 Å². The first kappa shape index (κ1) is 18.2. The maximum Gasteiger partial charge on any atom is 0.253 e. The third kappa shape index (κ3) is 3.60. The molecule has 1 aliphatic rings. The van der Waals surface area contributed by atoms with Crippen molar-refractivity contribution >= 4 is 5.91 Å². The molecule has 3 aromatic rings. The number of phenolic OH excluding ortho intramolecular Hbond substituents is 1. The molecule has 4 rings (SSSR count). The van der Waals surface area contributed by atoms with E-state index in [1.807, 2.05) is 18.7 Å². The molecule has 1 N–H and O–H groups in total. The summed E-state index contributed by atoms with van der Waals surface area (Å²) in [5.41, 5.74) is 3.97. The minimum Gasteiger partial charge on any atom is -0.508 e. The summed E-state index contributed by atoms with van der Waals surface area (Å²) in [5.74, 6) is 1.26. The fourth-order valence-electron chi connectivity index (χ4n) is 3.70. The molecule has 0 spiro atoms. The summed E-state index contributed by atoms with van der Waals surface area (Å²) in [6.07, 6.45) is 5.28. The van der Waals surface area contributed by atoms with E-state index in [0.29, 0.717) is 18.0 Å². The van der Waals surface area contributed by atoms with E-state index in [-0.39, 0.29) is 11.7 Å². The number of hydrogen-bond donors (Lipinski definition) is 1. The van der Waals surface area contributed by atoms with Crippen molar-refractivity contribution in [2.45, 2.75) is 26.7 Å². The third-order valence-electron chi connectivity index (χ3n) is 5.18. The lowest BCUT2D eigenvalue weighted by molar-refractivity contribution is 0.0787. The molecular formula is C21H22N4O3. The highest BCUT2D eigenvalue weighted by molar-refractivity contribution is 5.94. The first-order valence-corrected chi connectivity index (χ1v) is 9.33. The summed E-state index contributed by atoms with van der Waals surface area (Å²) < 4.78 is 5.20. The van der Waals surface area contributed by atoms with Crippen LogP contribution in [-0.2, 0) is 6.42 Å². The van der Waals surface area contributed by atoms with Crippen molar-refractivity contribution in [1.29, 1.82) is 0 Å². The van der Waals surface area contributed by atoms with Crippen LogP contribution >= 0.6 is 0 Å². The number of aryl methyl sites for hydroxylation is 2. The molecule has 1 fully saturated rings. The van der Waals surface area contributed by atoms with Gasteiger partial charge in [-0.3, -0.25) is 14.8 Å². The minimum atomic E-state index is 0.00217. The van der Waals surface area contributed by atoms with E-state index in [0.717, 1.165) is 47.8 Å².